The van der Waals surface area contributed by atoms with Gasteiger partial charge in [0.2, 0.25) is 0 Å². The van der Waals surface area contributed by atoms with E-state index in [1.165, 1.54) is 66.0 Å². The summed E-state index contributed by atoms with van der Waals surface area (Å²) < 4.78 is 0. The molecule has 0 saturated heterocycles. The molecule has 1 aromatic heterocycles. The van der Waals surface area contributed by atoms with Crippen molar-refractivity contribution >= 4 is 32.6 Å². The number of rotatable bonds is 1. The fourth-order valence-corrected chi connectivity index (χ4v) is 5.79. The first kappa shape index (κ1) is 17.8. The summed E-state index contributed by atoms with van der Waals surface area (Å²) in [5.74, 6) is 0. The summed E-state index contributed by atoms with van der Waals surface area (Å²) in [5, 5.41) is 5.14. The molecule has 0 spiro atoms. The highest BCUT2D eigenvalue weighted by Gasteiger charge is 2.35. The fourth-order valence-electron chi connectivity index (χ4n) is 5.79. The number of H-pyrrole nitrogens is 1. The van der Waals surface area contributed by atoms with Crippen LogP contribution in [0.3, 0.4) is 0 Å². The molecule has 1 nitrogen and oxygen atoms in total. The highest BCUT2D eigenvalue weighted by molar-refractivity contribution is 6.20. The Kier molecular flexibility index (Phi) is 3.40. The lowest BCUT2D eigenvalue weighted by atomic mass is 9.81. The molecule has 1 heterocycles. The van der Waals surface area contributed by atoms with E-state index in [2.05, 4.69) is 116 Å². The van der Waals surface area contributed by atoms with Crippen molar-refractivity contribution < 1.29 is 0 Å². The molecule has 0 amide bonds. The van der Waals surface area contributed by atoms with Crippen molar-refractivity contribution in [1.82, 2.24) is 4.98 Å². The van der Waals surface area contributed by atoms with Gasteiger partial charge >= 0.3 is 0 Å². The third-order valence-electron chi connectivity index (χ3n) is 7.42. The van der Waals surface area contributed by atoms with Crippen LogP contribution >= 0.6 is 0 Å². The highest BCUT2D eigenvalue weighted by Crippen LogP contribution is 2.50. The van der Waals surface area contributed by atoms with E-state index < -0.39 is 0 Å². The van der Waals surface area contributed by atoms with Crippen LogP contribution in [0.25, 0.3) is 54.8 Å². The van der Waals surface area contributed by atoms with E-state index >= 15 is 0 Å². The summed E-state index contributed by atoms with van der Waals surface area (Å²) in [7, 11) is 0. The first-order valence-corrected chi connectivity index (χ1v) is 11.3. The van der Waals surface area contributed by atoms with Crippen molar-refractivity contribution in [3.8, 4) is 22.3 Å². The molecule has 0 saturated carbocycles. The number of benzene rings is 5. The zero-order valence-electron chi connectivity index (χ0n) is 18.2. The van der Waals surface area contributed by atoms with Crippen LogP contribution in [0.2, 0.25) is 0 Å². The molecule has 0 radical (unpaired) electrons. The van der Waals surface area contributed by atoms with E-state index in [9.17, 15) is 0 Å². The van der Waals surface area contributed by atoms with E-state index in [0.717, 1.165) is 0 Å². The molecule has 5 aromatic carbocycles. The third kappa shape index (κ3) is 2.23. The van der Waals surface area contributed by atoms with Gasteiger partial charge in [0, 0.05) is 27.1 Å². The number of para-hydroxylation sites is 1. The molecule has 0 fully saturated rings. The van der Waals surface area contributed by atoms with E-state index in [1.807, 2.05) is 0 Å². The Hall–Kier alpha value is -3.84. The lowest BCUT2D eigenvalue weighted by molar-refractivity contribution is 0.660. The van der Waals surface area contributed by atoms with Gasteiger partial charge in [0.05, 0.1) is 5.52 Å². The third-order valence-corrected chi connectivity index (χ3v) is 7.42. The maximum absolute atomic E-state index is 3.67. The molecule has 1 N–H and O–H groups in total. The van der Waals surface area contributed by atoms with E-state index in [0.29, 0.717) is 0 Å². The van der Waals surface area contributed by atoms with Crippen molar-refractivity contribution in [3.63, 3.8) is 0 Å². The maximum atomic E-state index is 3.67. The average Bonchev–Trinajstić information content (AvgIpc) is 3.32. The minimum absolute atomic E-state index is 0.00260. The van der Waals surface area contributed by atoms with Crippen molar-refractivity contribution in [3.05, 3.63) is 108 Å². The molecule has 1 aliphatic rings. The van der Waals surface area contributed by atoms with E-state index in [-0.39, 0.29) is 5.41 Å². The van der Waals surface area contributed by atoms with Crippen LogP contribution in [0, 0.1) is 0 Å². The highest BCUT2D eigenvalue weighted by atomic mass is 14.7. The second kappa shape index (κ2) is 6.11. The Morgan fingerprint density at radius 3 is 2.09 bits per heavy atom. The predicted molar refractivity (Wildman–Crippen MR) is 136 cm³/mol. The minimum atomic E-state index is 0.00260. The van der Waals surface area contributed by atoms with Gasteiger partial charge in [0.1, 0.15) is 0 Å². The summed E-state index contributed by atoms with van der Waals surface area (Å²) in [6.07, 6.45) is 0. The Morgan fingerprint density at radius 1 is 0.531 bits per heavy atom. The summed E-state index contributed by atoms with van der Waals surface area (Å²) in [6.45, 7) is 4.70. The number of nitrogens with one attached hydrogen (secondary N) is 1. The van der Waals surface area contributed by atoms with Crippen LogP contribution in [-0.4, -0.2) is 4.98 Å². The molecule has 0 aliphatic heterocycles. The Labute approximate surface area is 187 Å². The van der Waals surface area contributed by atoms with E-state index in [4.69, 9.17) is 0 Å². The van der Waals surface area contributed by atoms with Crippen molar-refractivity contribution in [2.24, 2.45) is 0 Å². The monoisotopic (exact) mass is 409 g/mol. The minimum Gasteiger partial charge on any atom is -0.354 e. The smallest absolute Gasteiger partial charge is 0.0544 e. The van der Waals surface area contributed by atoms with Crippen LogP contribution in [-0.2, 0) is 5.41 Å². The van der Waals surface area contributed by atoms with Crippen molar-refractivity contribution in [2.45, 2.75) is 19.3 Å². The second-order valence-electron chi connectivity index (χ2n) is 9.49. The molecule has 7 rings (SSSR count). The summed E-state index contributed by atoms with van der Waals surface area (Å²) in [4.78, 5) is 3.67. The number of hydrogen-bond acceptors (Lipinski definition) is 0. The van der Waals surface area contributed by atoms with Crippen molar-refractivity contribution in [2.75, 3.05) is 0 Å². The molecule has 152 valence electrons. The first-order valence-electron chi connectivity index (χ1n) is 11.3. The van der Waals surface area contributed by atoms with Gasteiger partial charge in [0.25, 0.3) is 0 Å². The maximum Gasteiger partial charge on any atom is 0.0544 e. The topological polar surface area (TPSA) is 15.8 Å². The SMILES string of the molecule is CC1(C)c2ccccc2-c2ccc(-c3cc4c5ccccc5[nH]c4c4ccccc34)cc21. The van der Waals surface area contributed by atoms with Crippen molar-refractivity contribution in [1.29, 1.82) is 0 Å². The Balaban J connectivity index is 1.55. The Bertz CT molecular complexity index is 1700. The van der Waals surface area contributed by atoms with Gasteiger partial charge < -0.3 is 4.98 Å². The molecule has 1 aliphatic carbocycles. The van der Waals surface area contributed by atoms with E-state index in [1.54, 1.807) is 0 Å². The van der Waals surface area contributed by atoms with Gasteiger partial charge in [-0.05, 0) is 57.0 Å². The Morgan fingerprint density at radius 2 is 1.22 bits per heavy atom. The van der Waals surface area contributed by atoms with Crippen LogP contribution in [0.5, 0.6) is 0 Å². The second-order valence-corrected chi connectivity index (χ2v) is 9.49. The van der Waals surface area contributed by atoms with Crippen LogP contribution in [0.1, 0.15) is 25.0 Å². The van der Waals surface area contributed by atoms with Crippen LogP contribution in [0.4, 0.5) is 0 Å². The largest absolute Gasteiger partial charge is 0.354 e. The zero-order chi connectivity index (χ0) is 21.4. The fraction of sp³-hybridized carbons (Fsp3) is 0.0968. The summed E-state index contributed by atoms with van der Waals surface area (Å²) in [6, 6.07) is 35.7. The number of aromatic amines is 1. The number of aromatic nitrogens is 1. The standard InChI is InChI=1S/C31H23N/c1-31(2)27-13-7-5-10-21(27)22-16-15-19(17-28(22)31)25-18-26-23-11-6-8-14-29(23)32-30(26)24-12-4-3-9-20(24)25/h3-18,32H,1-2H3. The zero-order valence-corrected chi connectivity index (χ0v) is 18.2. The molecular formula is C31H23N. The lowest BCUT2D eigenvalue weighted by Gasteiger charge is -2.22. The number of fused-ring (bicyclic) bond motifs is 8. The predicted octanol–water partition coefficient (Wildman–Crippen LogP) is 8.45. The number of hydrogen-bond donors (Lipinski definition) is 1. The van der Waals surface area contributed by atoms with Gasteiger partial charge in [-0.25, -0.2) is 0 Å². The molecule has 0 atom stereocenters. The lowest BCUT2D eigenvalue weighted by Crippen LogP contribution is -2.14. The molecular weight excluding hydrogens is 386 g/mol. The quantitative estimate of drug-likeness (QED) is 0.280. The van der Waals surface area contributed by atoms with Gasteiger partial charge in [-0.2, -0.15) is 0 Å². The molecule has 6 aromatic rings. The molecule has 0 bridgehead atoms. The summed E-state index contributed by atoms with van der Waals surface area (Å²) >= 11 is 0. The van der Waals surface area contributed by atoms with Gasteiger partial charge in [-0.1, -0.05) is 92.7 Å². The first-order chi connectivity index (χ1) is 15.6. The average molecular weight is 410 g/mol. The normalized spacial score (nSPS) is 14.2. The van der Waals surface area contributed by atoms with Gasteiger partial charge in [-0.15, -0.1) is 0 Å². The van der Waals surface area contributed by atoms with Crippen LogP contribution in [0.15, 0.2) is 97.1 Å². The van der Waals surface area contributed by atoms with Gasteiger partial charge in [-0.3, -0.25) is 0 Å². The molecule has 0 unspecified atom stereocenters. The van der Waals surface area contributed by atoms with Crippen LogP contribution < -0.4 is 0 Å². The molecule has 1 heteroatoms. The molecule has 32 heavy (non-hydrogen) atoms. The summed E-state index contributed by atoms with van der Waals surface area (Å²) in [5.41, 5.74) is 10.6. The van der Waals surface area contributed by atoms with Gasteiger partial charge in [0.15, 0.2) is 0 Å².